The number of carbonyl (C=O) groups excluding carboxylic acids is 1. The number of benzene rings is 3. The Balaban J connectivity index is 1.41. The largest absolute Gasteiger partial charge is 0.493 e. The molecule has 7 nitrogen and oxygen atoms in total. The van der Waals surface area contributed by atoms with Gasteiger partial charge in [-0.3, -0.25) is 9.63 Å². The summed E-state index contributed by atoms with van der Waals surface area (Å²) in [7, 11) is 1.51. The Kier molecular flexibility index (Phi) is 8.18. The van der Waals surface area contributed by atoms with Crippen molar-refractivity contribution in [2.45, 2.75) is 39.3 Å². The van der Waals surface area contributed by atoms with Gasteiger partial charge in [-0.2, -0.15) is 0 Å². The first-order valence-electron chi connectivity index (χ1n) is 11.5. The zero-order valence-electron chi connectivity index (χ0n) is 19.7. The summed E-state index contributed by atoms with van der Waals surface area (Å²) >= 11 is 0. The van der Waals surface area contributed by atoms with Crippen molar-refractivity contribution in [3.63, 3.8) is 0 Å². The third-order valence-electron chi connectivity index (χ3n) is 5.47. The van der Waals surface area contributed by atoms with Crippen molar-refractivity contribution in [1.29, 1.82) is 0 Å². The van der Waals surface area contributed by atoms with Crippen LogP contribution in [0.4, 0.5) is 4.39 Å². The molecule has 0 aromatic heterocycles. The van der Waals surface area contributed by atoms with Crippen LogP contribution in [-0.4, -0.2) is 19.6 Å². The molecule has 0 fully saturated rings. The average molecular weight is 482 g/mol. The second-order valence-corrected chi connectivity index (χ2v) is 8.01. The Hall–Kier alpha value is -3.62. The highest BCUT2D eigenvalue weighted by atomic mass is 19.1. The summed E-state index contributed by atoms with van der Waals surface area (Å²) in [4.78, 5) is 18.0. The van der Waals surface area contributed by atoms with Crippen LogP contribution in [0.25, 0.3) is 0 Å². The SMILES string of the molecule is CCCCOc1ccc(C(=O)NOCc2cc(F)cc3c2O[C@@H](c2ccccc2)OC3)cc1OC. The summed E-state index contributed by atoms with van der Waals surface area (Å²) in [5.41, 5.74) is 4.61. The molecule has 0 saturated heterocycles. The summed E-state index contributed by atoms with van der Waals surface area (Å²) in [6.07, 6.45) is 1.32. The molecule has 1 aliphatic heterocycles. The van der Waals surface area contributed by atoms with E-state index in [9.17, 15) is 9.18 Å². The summed E-state index contributed by atoms with van der Waals surface area (Å²) in [6, 6.07) is 17.0. The number of hydroxylamine groups is 1. The van der Waals surface area contributed by atoms with Crippen LogP contribution in [0.2, 0.25) is 0 Å². The van der Waals surface area contributed by atoms with E-state index in [0.29, 0.717) is 40.5 Å². The van der Waals surface area contributed by atoms with Crippen LogP contribution in [0.5, 0.6) is 17.2 Å². The van der Waals surface area contributed by atoms with Gasteiger partial charge in [-0.15, -0.1) is 0 Å². The first-order chi connectivity index (χ1) is 17.1. The second-order valence-electron chi connectivity index (χ2n) is 8.01. The van der Waals surface area contributed by atoms with E-state index in [1.54, 1.807) is 18.2 Å². The minimum atomic E-state index is -0.618. The van der Waals surface area contributed by atoms with E-state index in [-0.39, 0.29) is 13.2 Å². The van der Waals surface area contributed by atoms with E-state index in [4.69, 9.17) is 23.8 Å². The van der Waals surface area contributed by atoms with Gasteiger partial charge >= 0.3 is 0 Å². The molecule has 3 aromatic carbocycles. The Morgan fingerprint density at radius 3 is 2.71 bits per heavy atom. The summed E-state index contributed by atoms with van der Waals surface area (Å²) in [5.74, 6) is 0.587. The lowest BCUT2D eigenvalue weighted by Gasteiger charge is -2.28. The predicted molar refractivity (Wildman–Crippen MR) is 127 cm³/mol. The highest BCUT2D eigenvalue weighted by Gasteiger charge is 2.25. The lowest BCUT2D eigenvalue weighted by molar-refractivity contribution is -0.113. The molecule has 1 atom stereocenters. The smallest absolute Gasteiger partial charge is 0.274 e. The van der Waals surface area contributed by atoms with Gasteiger partial charge in [0.2, 0.25) is 6.29 Å². The molecule has 1 N–H and O–H groups in total. The van der Waals surface area contributed by atoms with E-state index in [1.165, 1.54) is 19.2 Å². The fourth-order valence-corrected chi connectivity index (χ4v) is 3.65. The maximum atomic E-state index is 14.2. The minimum absolute atomic E-state index is 0.0946. The molecule has 0 bridgehead atoms. The van der Waals surface area contributed by atoms with Gasteiger partial charge in [0, 0.05) is 22.3 Å². The van der Waals surface area contributed by atoms with Gasteiger partial charge in [0.15, 0.2) is 11.5 Å². The van der Waals surface area contributed by atoms with Crippen molar-refractivity contribution >= 4 is 5.91 Å². The van der Waals surface area contributed by atoms with Gasteiger partial charge < -0.3 is 18.9 Å². The van der Waals surface area contributed by atoms with E-state index in [2.05, 4.69) is 12.4 Å². The molecule has 8 heteroatoms. The summed E-state index contributed by atoms with van der Waals surface area (Å²) < 4.78 is 37.0. The minimum Gasteiger partial charge on any atom is -0.493 e. The molecule has 0 radical (unpaired) electrons. The van der Waals surface area contributed by atoms with E-state index in [1.807, 2.05) is 30.3 Å². The molecule has 0 spiro atoms. The molecular weight excluding hydrogens is 453 g/mol. The van der Waals surface area contributed by atoms with E-state index in [0.717, 1.165) is 18.4 Å². The van der Waals surface area contributed by atoms with Crippen molar-refractivity contribution < 1.29 is 33.0 Å². The Morgan fingerprint density at radius 2 is 1.94 bits per heavy atom. The van der Waals surface area contributed by atoms with E-state index >= 15 is 0 Å². The Bertz CT molecular complexity index is 1150. The number of ether oxygens (including phenoxy) is 4. The highest BCUT2D eigenvalue weighted by molar-refractivity contribution is 5.94. The number of fused-ring (bicyclic) bond motifs is 1. The topological polar surface area (TPSA) is 75.3 Å². The molecule has 35 heavy (non-hydrogen) atoms. The third-order valence-corrected chi connectivity index (χ3v) is 5.47. The molecule has 1 heterocycles. The van der Waals surface area contributed by atoms with Gasteiger partial charge in [0.05, 0.1) is 20.3 Å². The molecule has 3 aromatic rings. The third kappa shape index (κ3) is 6.09. The van der Waals surface area contributed by atoms with E-state index < -0.39 is 18.0 Å². The van der Waals surface area contributed by atoms with Crippen molar-refractivity contribution in [3.05, 3.63) is 88.7 Å². The van der Waals surface area contributed by atoms with Crippen molar-refractivity contribution in [1.82, 2.24) is 5.48 Å². The van der Waals surface area contributed by atoms with Crippen LogP contribution >= 0.6 is 0 Å². The number of hydrogen-bond donors (Lipinski definition) is 1. The van der Waals surface area contributed by atoms with Crippen molar-refractivity contribution in [3.8, 4) is 17.2 Å². The molecule has 0 saturated carbocycles. The van der Waals surface area contributed by atoms with Crippen LogP contribution < -0.4 is 19.7 Å². The van der Waals surface area contributed by atoms with Gasteiger partial charge in [0.25, 0.3) is 5.91 Å². The number of unbranched alkanes of at least 4 members (excludes halogenated alkanes) is 1. The van der Waals surface area contributed by atoms with Crippen LogP contribution in [0.3, 0.4) is 0 Å². The maximum absolute atomic E-state index is 14.2. The number of methoxy groups -OCH3 is 1. The summed E-state index contributed by atoms with van der Waals surface area (Å²) in [5, 5.41) is 0. The average Bonchev–Trinajstić information content (AvgIpc) is 2.89. The normalized spacial score (nSPS) is 14.5. The fourth-order valence-electron chi connectivity index (χ4n) is 3.65. The molecule has 1 aliphatic rings. The van der Waals surface area contributed by atoms with Gasteiger partial charge in [-0.1, -0.05) is 43.7 Å². The zero-order valence-corrected chi connectivity index (χ0v) is 19.7. The van der Waals surface area contributed by atoms with Gasteiger partial charge in [-0.25, -0.2) is 9.87 Å². The van der Waals surface area contributed by atoms with Crippen LogP contribution in [0.1, 0.15) is 53.1 Å². The molecule has 184 valence electrons. The first-order valence-corrected chi connectivity index (χ1v) is 11.5. The maximum Gasteiger partial charge on any atom is 0.274 e. The number of halogens is 1. The molecule has 0 unspecified atom stereocenters. The fraction of sp³-hybridized carbons (Fsp3) is 0.296. The predicted octanol–water partition coefficient (Wildman–Crippen LogP) is 5.48. The quantitative estimate of drug-likeness (QED) is 0.305. The van der Waals surface area contributed by atoms with Crippen molar-refractivity contribution in [2.75, 3.05) is 13.7 Å². The standard InChI is InChI=1S/C27H28FNO6/c1-3-4-12-32-23-11-10-19(15-24(23)31-2)26(30)29-34-17-21-14-22(28)13-20-16-33-27(35-25(20)21)18-8-6-5-7-9-18/h5-11,13-15,27H,3-4,12,16-17H2,1-2H3,(H,29,30)/t27-/m0/s1. The lowest BCUT2D eigenvalue weighted by atomic mass is 10.1. The van der Waals surface area contributed by atoms with Crippen molar-refractivity contribution in [2.24, 2.45) is 0 Å². The zero-order chi connectivity index (χ0) is 24.6. The molecular formula is C27H28FNO6. The monoisotopic (exact) mass is 481 g/mol. The molecule has 1 amide bonds. The summed E-state index contributed by atoms with van der Waals surface area (Å²) in [6.45, 7) is 2.74. The van der Waals surface area contributed by atoms with Gasteiger partial charge in [-0.05, 0) is 36.8 Å². The second kappa shape index (κ2) is 11.7. The molecule has 0 aliphatic carbocycles. The number of rotatable bonds is 10. The van der Waals surface area contributed by atoms with Crippen LogP contribution in [-0.2, 0) is 22.8 Å². The Labute approximate surface area is 203 Å². The lowest BCUT2D eigenvalue weighted by Crippen LogP contribution is -2.24. The number of nitrogens with one attached hydrogen (secondary N) is 1. The number of hydrogen-bond acceptors (Lipinski definition) is 6. The van der Waals surface area contributed by atoms with Gasteiger partial charge in [0.1, 0.15) is 18.2 Å². The highest BCUT2D eigenvalue weighted by Crippen LogP contribution is 2.36. The van der Waals surface area contributed by atoms with Crippen LogP contribution in [0, 0.1) is 5.82 Å². The molecule has 4 rings (SSSR count). The Morgan fingerprint density at radius 1 is 1.11 bits per heavy atom. The number of carbonyl (C=O) groups is 1. The first kappa shape index (κ1) is 24.5. The number of amides is 1. The van der Waals surface area contributed by atoms with Crippen LogP contribution in [0.15, 0.2) is 60.7 Å².